The summed E-state index contributed by atoms with van der Waals surface area (Å²) in [6.07, 6.45) is 0.0605. The van der Waals surface area contributed by atoms with Crippen LogP contribution in [0.5, 0.6) is 0 Å². The summed E-state index contributed by atoms with van der Waals surface area (Å²) < 4.78 is 15.8. The monoisotopic (exact) mass is 443 g/mol. The van der Waals surface area contributed by atoms with Crippen LogP contribution in [0, 0.1) is 0 Å². The van der Waals surface area contributed by atoms with E-state index in [1.807, 2.05) is 0 Å². The lowest BCUT2D eigenvalue weighted by Gasteiger charge is -2.24. The largest absolute Gasteiger partial charge is 0.366 e. The molecule has 0 spiro atoms. The first-order chi connectivity index (χ1) is 14.8. The van der Waals surface area contributed by atoms with Crippen LogP contribution < -0.4 is 11.1 Å². The molecule has 2 atom stereocenters. The standard InChI is InChI=1S/C21H19ClFN5O3/c22-17-6-3-7-18(25-17)26-21(31)16-8-12(23)9-28(16)19(29)11-27-10-14(20(24)30)13-4-1-2-5-15(13)27/h1-7,10,12,16H,8-9,11H2,(H2,24,30)(H,25,26,31)/t12-,16+/m1/s1. The number of nitrogens with one attached hydrogen (secondary N) is 1. The van der Waals surface area contributed by atoms with Gasteiger partial charge in [0.15, 0.2) is 0 Å². The Kier molecular flexibility index (Phi) is 5.60. The molecule has 1 aliphatic heterocycles. The van der Waals surface area contributed by atoms with Crippen molar-refractivity contribution < 1.29 is 18.8 Å². The summed E-state index contributed by atoms with van der Waals surface area (Å²) in [4.78, 5) is 42.7. The highest BCUT2D eigenvalue weighted by molar-refractivity contribution is 6.29. The number of primary amides is 1. The van der Waals surface area contributed by atoms with Gasteiger partial charge < -0.3 is 20.5 Å². The van der Waals surface area contributed by atoms with Gasteiger partial charge in [-0.1, -0.05) is 35.9 Å². The summed E-state index contributed by atoms with van der Waals surface area (Å²) >= 11 is 5.83. The van der Waals surface area contributed by atoms with Gasteiger partial charge in [0.25, 0.3) is 5.91 Å². The Bertz CT molecular complexity index is 1180. The van der Waals surface area contributed by atoms with Crippen molar-refractivity contribution in [3.05, 3.63) is 59.4 Å². The molecule has 1 aliphatic rings. The first kappa shape index (κ1) is 20.8. The molecule has 31 heavy (non-hydrogen) atoms. The molecule has 3 heterocycles. The number of anilines is 1. The molecule has 1 aromatic carbocycles. The average Bonchev–Trinajstić information content (AvgIpc) is 3.29. The zero-order valence-corrected chi connectivity index (χ0v) is 17.1. The van der Waals surface area contributed by atoms with Gasteiger partial charge in [-0.15, -0.1) is 0 Å². The quantitative estimate of drug-likeness (QED) is 0.590. The van der Waals surface area contributed by atoms with Crippen molar-refractivity contribution in [2.24, 2.45) is 5.73 Å². The highest BCUT2D eigenvalue weighted by Gasteiger charge is 2.40. The summed E-state index contributed by atoms with van der Waals surface area (Å²) in [6.45, 7) is -0.360. The molecular formula is C21H19ClFN5O3. The number of alkyl halides is 1. The number of aromatic nitrogens is 2. The first-order valence-corrected chi connectivity index (χ1v) is 9.96. The van der Waals surface area contributed by atoms with Crippen molar-refractivity contribution in [2.75, 3.05) is 11.9 Å². The minimum Gasteiger partial charge on any atom is -0.366 e. The van der Waals surface area contributed by atoms with E-state index in [0.29, 0.717) is 10.9 Å². The Balaban J connectivity index is 1.55. The molecule has 3 N–H and O–H groups in total. The maximum absolute atomic E-state index is 14.2. The van der Waals surface area contributed by atoms with Crippen LogP contribution in [0.25, 0.3) is 10.9 Å². The van der Waals surface area contributed by atoms with Gasteiger partial charge in [-0.3, -0.25) is 14.4 Å². The number of halogens is 2. The fourth-order valence-electron chi connectivity index (χ4n) is 3.81. The third kappa shape index (κ3) is 4.22. The van der Waals surface area contributed by atoms with Gasteiger partial charge >= 0.3 is 0 Å². The van der Waals surface area contributed by atoms with Crippen LogP contribution in [0.4, 0.5) is 10.2 Å². The molecule has 0 radical (unpaired) electrons. The highest BCUT2D eigenvalue weighted by Crippen LogP contribution is 2.25. The predicted molar refractivity (Wildman–Crippen MR) is 113 cm³/mol. The number of hydrogen-bond donors (Lipinski definition) is 2. The Morgan fingerprint density at radius 2 is 1.97 bits per heavy atom. The van der Waals surface area contributed by atoms with E-state index in [1.165, 1.54) is 11.1 Å². The number of likely N-dealkylation sites (tertiary alicyclic amines) is 1. The van der Waals surface area contributed by atoms with Gasteiger partial charge in [0.1, 0.15) is 29.7 Å². The number of hydrogen-bond acceptors (Lipinski definition) is 4. The fourth-order valence-corrected chi connectivity index (χ4v) is 3.97. The molecule has 0 aliphatic carbocycles. The SMILES string of the molecule is NC(=O)c1cn(CC(=O)N2C[C@H](F)C[C@H]2C(=O)Nc2cccc(Cl)n2)c2ccccc12. The summed E-state index contributed by atoms with van der Waals surface area (Å²) in [5.74, 6) is -1.39. The van der Waals surface area contributed by atoms with E-state index in [1.54, 1.807) is 47.0 Å². The smallest absolute Gasteiger partial charge is 0.250 e. The zero-order valence-electron chi connectivity index (χ0n) is 16.3. The second kappa shape index (κ2) is 8.35. The van der Waals surface area contributed by atoms with Crippen LogP contribution >= 0.6 is 11.6 Å². The van der Waals surface area contributed by atoms with Gasteiger partial charge in [-0.25, -0.2) is 9.37 Å². The maximum Gasteiger partial charge on any atom is 0.250 e. The molecule has 1 fully saturated rings. The second-order valence-electron chi connectivity index (χ2n) is 7.28. The maximum atomic E-state index is 14.2. The normalized spacial score (nSPS) is 18.3. The summed E-state index contributed by atoms with van der Waals surface area (Å²) in [5.41, 5.74) is 6.37. The number of para-hydroxylation sites is 1. The van der Waals surface area contributed by atoms with Crippen molar-refractivity contribution in [1.29, 1.82) is 0 Å². The minimum atomic E-state index is -1.32. The first-order valence-electron chi connectivity index (χ1n) is 9.58. The number of pyridine rings is 1. The lowest BCUT2D eigenvalue weighted by Crippen LogP contribution is -2.44. The van der Waals surface area contributed by atoms with Gasteiger partial charge in [0.2, 0.25) is 11.8 Å². The lowest BCUT2D eigenvalue weighted by atomic mass is 10.2. The molecule has 3 aromatic rings. The molecule has 8 nitrogen and oxygen atoms in total. The number of fused-ring (bicyclic) bond motifs is 1. The third-order valence-electron chi connectivity index (χ3n) is 5.20. The molecule has 0 saturated carbocycles. The van der Waals surface area contributed by atoms with Gasteiger partial charge in [-0.2, -0.15) is 0 Å². The van der Waals surface area contributed by atoms with E-state index < -0.39 is 29.9 Å². The summed E-state index contributed by atoms with van der Waals surface area (Å²) in [7, 11) is 0. The van der Waals surface area contributed by atoms with Crippen LogP contribution in [0.3, 0.4) is 0 Å². The molecular weight excluding hydrogens is 425 g/mol. The van der Waals surface area contributed by atoms with Crippen LogP contribution in [-0.2, 0) is 16.1 Å². The van der Waals surface area contributed by atoms with E-state index in [0.717, 1.165) is 0 Å². The highest BCUT2D eigenvalue weighted by atomic mass is 35.5. The number of carbonyl (C=O) groups is 3. The molecule has 1 saturated heterocycles. The van der Waals surface area contributed by atoms with Crippen molar-refractivity contribution in [3.8, 4) is 0 Å². The summed E-state index contributed by atoms with van der Waals surface area (Å²) in [5, 5.41) is 3.40. The average molecular weight is 444 g/mol. The van der Waals surface area contributed by atoms with Crippen LogP contribution in [0.2, 0.25) is 5.15 Å². The molecule has 4 rings (SSSR count). The van der Waals surface area contributed by atoms with Crippen molar-refractivity contribution in [1.82, 2.24) is 14.5 Å². The molecule has 0 bridgehead atoms. The lowest BCUT2D eigenvalue weighted by molar-refractivity contribution is -0.137. The Labute approximate surface area is 181 Å². The zero-order chi connectivity index (χ0) is 22.1. The van der Waals surface area contributed by atoms with Crippen molar-refractivity contribution in [2.45, 2.75) is 25.2 Å². The van der Waals surface area contributed by atoms with E-state index in [2.05, 4.69) is 10.3 Å². The number of nitrogens with two attached hydrogens (primary N) is 1. The van der Waals surface area contributed by atoms with E-state index >= 15 is 0 Å². The summed E-state index contributed by atoms with van der Waals surface area (Å²) in [6, 6.07) is 10.8. The number of amides is 3. The van der Waals surface area contributed by atoms with Crippen LogP contribution in [0.1, 0.15) is 16.8 Å². The predicted octanol–water partition coefficient (Wildman–Crippen LogP) is 2.37. The van der Waals surface area contributed by atoms with Crippen molar-refractivity contribution in [3.63, 3.8) is 0 Å². The minimum absolute atomic E-state index is 0.114. The second-order valence-corrected chi connectivity index (χ2v) is 7.67. The Morgan fingerprint density at radius 3 is 2.71 bits per heavy atom. The van der Waals surface area contributed by atoms with E-state index in [9.17, 15) is 18.8 Å². The molecule has 2 aromatic heterocycles. The van der Waals surface area contributed by atoms with Gasteiger partial charge in [0, 0.05) is 23.5 Å². The number of benzene rings is 1. The van der Waals surface area contributed by atoms with E-state index in [-0.39, 0.29) is 36.0 Å². The van der Waals surface area contributed by atoms with Crippen molar-refractivity contribution >= 4 is 46.0 Å². The fraction of sp³-hybridized carbons (Fsp3) is 0.238. The third-order valence-corrected chi connectivity index (χ3v) is 5.41. The number of nitrogens with zero attached hydrogens (tertiary/aromatic N) is 3. The van der Waals surface area contributed by atoms with Gasteiger partial charge in [-0.05, 0) is 18.2 Å². The molecule has 160 valence electrons. The van der Waals surface area contributed by atoms with E-state index in [4.69, 9.17) is 17.3 Å². The number of rotatable bonds is 5. The van der Waals surface area contributed by atoms with Gasteiger partial charge in [0.05, 0.1) is 12.1 Å². The van der Waals surface area contributed by atoms with Crippen LogP contribution in [-0.4, -0.2) is 50.9 Å². The molecule has 3 amide bonds. The topological polar surface area (TPSA) is 110 Å². The Hall–Kier alpha value is -3.46. The number of carbonyl (C=O) groups excluding carboxylic acids is 3. The molecule has 0 unspecified atom stereocenters. The Morgan fingerprint density at radius 1 is 1.19 bits per heavy atom. The molecule has 10 heteroatoms. The van der Waals surface area contributed by atoms with Crippen LogP contribution in [0.15, 0.2) is 48.7 Å².